The van der Waals surface area contributed by atoms with Gasteiger partial charge in [0.05, 0.1) is 0 Å². The van der Waals surface area contributed by atoms with Crippen LogP contribution >= 0.6 is 0 Å². The number of halogens is 4. The lowest BCUT2D eigenvalue weighted by atomic mass is 10.1. The lowest BCUT2D eigenvalue weighted by Gasteiger charge is -2.16. The number of aromatic hydroxyl groups is 1. The number of rotatable bonds is 5. The molecule has 0 amide bonds. The fourth-order valence-electron chi connectivity index (χ4n) is 1.60. The van der Waals surface area contributed by atoms with Crippen molar-refractivity contribution >= 4 is 0 Å². The third-order valence-corrected chi connectivity index (χ3v) is 2.55. The first kappa shape index (κ1) is 14.8. The van der Waals surface area contributed by atoms with Gasteiger partial charge in [-0.05, 0) is 26.0 Å². The van der Waals surface area contributed by atoms with Gasteiger partial charge in [0.15, 0.2) is 0 Å². The summed E-state index contributed by atoms with van der Waals surface area (Å²) in [6, 6.07) is 3.25. The van der Waals surface area contributed by atoms with Crippen LogP contribution in [0.15, 0.2) is 18.2 Å². The van der Waals surface area contributed by atoms with Gasteiger partial charge in [-0.2, -0.15) is 13.2 Å². The molecule has 0 aromatic heterocycles. The molecule has 6 heteroatoms. The van der Waals surface area contributed by atoms with Gasteiger partial charge in [0.2, 0.25) is 0 Å². The lowest BCUT2D eigenvalue weighted by Crippen LogP contribution is -2.21. The van der Waals surface area contributed by atoms with E-state index in [2.05, 4.69) is 5.32 Å². The average molecular weight is 265 g/mol. The van der Waals surface area contributed by atoms with E-state index in [-0.39, 0.29) is 24.8 Å². The number of phenols is 1. The molecule has 0 saturated carbocycles. The van der Waals surface area contributed by atoms with Crippen LogP contribution in [0.5, 0.6) is 5.75 Å². The molecular formula is C12H15F4NO. The van der Waals surface area contributed by atoms with Crippen molar-refractivity contribution in [3.63, 3.8) is 0 Å². The van der Waals surface area contributed by atoms with Crippen LogP contribution in [0.1, 0.15) is 31.4 Å². The van der Waals surface area contributed by atoms with E-state index in [1.54, 1.807) is 6.92 Å². The second-order valence-electron chi connectivity index (χ2n) is 4.10. The Morgan fingerprint density at radius 2 is 2.00 bits per heavy atom. The smallest absolute Gasteiger partial charge is 0.389 e. The summed E-state index contributed by atoms with van der Waals surface area (Å²) in [5.74, 6) is -0.758. The average Bonchev–Trinajstić information content (AvgIpc) is 2.22. The molecule has 0 aliphatic heterocycles. The summed E-state index contributed by atoms with van der Waals surface area (Å²) in [5.41, 5.74) is 0.461. The predicted molar refractivity (Wildman–Crippen MR) is 59.8 cm³/mol. The molecule has 0 radical (unpaired) electrons. The number of alkyl halides is 3. The fourth-order valence-corrected chi connectivity index (χ4v) is 1.60. The molecular weight excluding hydrogens is 250 g/mol. The first-order valence-electron chi connectivity index (χ1n) is 5.58. The molecule has 102 valence electrons. The quantitative estimate of drug-likeness (QED) is 0.630. The third kappa shape index (κ3) is 4.91. The van der Waals surface area contributed by atoms with Gasteiger partial charge in [-0.3, -0.25) is 0 Å². The second-order valence-corrected chi connectivity index (χ2v) is 4.10. The van der Waals surface area contributed by atoms with Gasteiger partial charge in [0.25, 0.3) is 0 Å². The minimum atomic E-state index is -4.15. The monoisotopic (exact) mass is 265 g/mol. The van der Waals surface area contributed by atoms with Gasteiger partial charge in [0.1, 0.15) is 11.6 Å². The number of hydrogen-bond donors (Lipinski definition) is 2. The number of benzene rings is 1. The molecule has 18 heavy (non-hydrogen) atoms. The molecule has 0 bridgehead atoms. The van der Waals surface area contributed by atoms with E-state index in [0.29, 0.717) is 5.56 Å². The van der Waals surface area contributed by atoms with E-state index in [0.717, 1.165) is 6.07 Å². The van der Waals surface area contributed by atoms with Crippen molar-refractivity contribution in [2.75, 3.05) is 6.54 Å². The van der Waals surface area contributed by atoms with Crippen LogP contribution in [0.25, 0.3) is 0 Å². The molecule has 1 atom stereocenters. The maximum Gasteiger partial charge on any atom is 0.389 e. The molecule has 1 aromatic rings. The van der Waals surface area contributed by atoms with Gasteiger partial charge >= 0.3 is 6.18 Å². The Bertz CT molecular complexity index is 392. The van der Waals surface area contributed by atoms with E-state index in [1.807, 2.05) is 0 Å². The maximum absolute atomic E-state index is 12.7. The summed E-state index contributed by atoms with van der Waals surface area (Å²) in [6.45, 7) is 1.87. The largest absolute Gasteiger partial charge is 0.508 e. The molecule has 0 aliphatic carbocycles. The zero-order valence-corrected chi connectivity index (χ0v) is 9.89. The van der Waals surface area contributed by atoms with Crippen LogP contribution in [0, 0.1) is 5.82 Å². The molecule has 1 unspecified atom stereocenters. The normalized spacial score (nSPS) is 13.6. The summed E-state index contributed by atoms with van der Waals surface area (Å²) in [6.07, 6.45) is -5.03. The van der Waals surface area contributed by atoms with Gasteiger partial charge in [-0.15, -0.1) is 0 Å². The second kappa shape index (κ2) is 6.04. The Kier molecular flexibility index (Phi) is 4.95. The van der Waals surface area contributed by atoms with Gasteiger partial charge in [0, 0.05) is 24.1 Å². The molecule has 1 aromatic carbocycles. The van der Waals surface area contributed by atoms with Gasteiger partial charge in [-0.1, -0.05) is 6.07 Å². The zero-order valence-electron chi connectivity index (χ0n) is 9.89. The zero-order chi connectivity index (χ0) is 13.8. The SMILES string of the molecule is CC(NCCCC(F)(F)F)c1ccc(F)cc1O. The summed E-state index contributed by atoms with van der Waals surface area (Å²) < 4.78 is 48.4. The standard InChI is InChI=1S/C12H15F4NO/c1-8(17-6-2-5-12(14,15)16)10-4-3-9(13)7-11(10)18/h3-4,7-8,17-18H,2,5-6H2,1H3. The molecule has 2 nitrogen and oxygen atoms in total. The molecule has 0 aliphatic rings. The minimum absolute atomic E-state index is 0.0319. The number of hydrogen-bond acceptors (Lipinski definition) is 2. The Balaban J connectivity index is 2.43. The van der Waals surface area contributed by atoms with Crippen molar-refractivity contribution in [2.24, 2.45) is 0 Å². The summed E-state index contributed by atoms with van der Waals surface area (Å²) >= 11 is 0. The topological polar surface area (TPSA) is 32.3 Å². The molecule has 1 rings (SSSR count). The molecule has 0 saturated heterocycles. The summed E-state index contributed by atoms with van der Waals surface area (Å²) in [5, 5.41) is 12.3. The molecule has 2 N–H and O–H groups in total. The highest BCUT2D eigenvalue weighted by molar-refractivity contribution is 5.34. The van der Waals surface area contributed by atoms with E-state index >= 15 is 0 Å². The molecule has 0 fully saturated rings. The first-order valence-corrected chi connectivity index (χ1v) is 5.58. The minimum Gasteiger partial charge on any atom is -0.508 e. The van der Waals surface area contributed by atoms with Crippen molar-refractivity contribution in [1.82, 2.24) is 5.32 Å². The molecule has 0 heterocycles. The highest BCUT2D eigenvalue weighted by atomic mass is 19.4. The highest BCUT2D eigenvalue weighted by Crippen LogP contribution is 2.25. The van der Waals surface area contributed by atoms with Crippen LogP contribution in [0.2, 0.25) is 0 Å². The van der Waals surface area contributed by atoms with Crippen LogP contribution in [-0.4, -0.2) is 17.8 Å². The molecule has 0 spiro atoms. The van der Waals surface area contributed by atoms with Gasteiger partial charge in [-0.25, -0.2) is 4.39 Å². The van der Waals surface area contributed by atoms with Crippen molar-refractivity contribution in [3.8, 4) is 5.75 Å². The van der Waals surface area contributed by atoms with Crippen LogP contribution in [0.4, 0.5) is 17.6 Å². The highest BCUT2D eigenvalue weighted by Gasteiger charge is 2.26. The Hall–Kier alpha value is -1.30. The number of nitrogens with one attached hydrogen (secondary N) is 1. The Labute approximate surface area is 103 Å². The third-order valence-electron chi connectivity index (χ3n) is 2.55. The van der Waals surface area contributed by atoms with Crippen molar-refractivity contribution in [1.29, 1.82) is 0 Å². The van der Waals surface area contributed by atoms with E-state index in [9.17, 15) is 22.7 Å². The van der Waals surface area contributed by atoms with E-state index in [1.165, 1.54) is 12.1 Å². The Morgan fingerprint density at radius 1 is 1.33 bits per heavy atom. The van der Waals surface area contributed by atoms with E-state index < -0.39 is 18.4 Å². The van der Waals surface area contributed by atoms with Crippen molar-refractivity contribution < 1.29 is 22.7 Å². The van der Waals surface area contributed by atoms with Crippen LogP contribution in [-0.2, 0) is 0 Å². The van der Waals surface area contributed by atoms with Crippen molar-refractivity contribution in [3.05, 3.63) is 29.6 Å². The van der Waals surface area contributed by atoms with Crippen LogP contribution < -0.4 is 5.32 Å². The maximum atomic E-state index is 12.7. The predicted octanol–water partition coefficient (Wildman–Crippen LogP) is 3.52. The van der Waals surface area contributed by atoms with Crippen LogP contribution in [0.3, 0.4) is 0 Å². The lowest BCUT2D eigenvalue weighted by molar-refractivity contribution is -0.135. The van der Waals surface area contributed by atoms with E-state index in [4.69, 9.17) is 0 Å². The first-order chi connectivity index (χ1) is 8.29. The summed E-state index contributed by atoms with van der Waals surface area (Å²) in [4.78, 5) is 0. The van der Waals surface area contributed by atoms with Crippen molar-refractivity contribution in [2.45, 2.75) is 32.0 Å². The Morgan fingerprint density at radius 3 is 2.56 bits per heavy atom. The fraction of sp³-hybridized carbons (Fsp3) is 0.500. The van der Waals surface area contributed by atoms with Gasteiger partial charge < -0.3 is 10.4 Å². The summed E-state index contributed by atoms with van der Waals surface area (Å²) in [7, 11) is 0. The number of phenolic OH excluding ortho intramolecular Hbond substituents is 1.